The quantitative estimate of drug-likeness (QED) is 0.788. The van der Waals surface area contributed by atoms with Crippen LogP contribution in [0.1, 0.15) is 26.7 Å². The minimum Gasteiger partial charge on any atom is -0.206 e. The smallest absolute Gasteiger partial charge is 0.206 e. The Morgan fingerprint density at radius 2 is 2.00 bits per heavy atom. The van der Waals surface area contributed by atoms with Gasteiger partial charge >= 0.3 is 0 Å². The minimum atomic E-state index is -3.48. The van der Waals surface area contributed by atoms with E-state index in [0.717, 1.165) is 3.79 Å². The Bertz CT molecular complexity index is 460. The van der Waals surface area contributed by atoms with Crippen molar-refractivity contribution in [1.82, 2.24) is 4.72 Å². The summed E-state index contributed by atoms with van der Waals surface area (Å²) in [6, 6.07) is 3.31. The van der Waals surface area contributed by atoms with Gasteiger partial charge in [-0.3, -0.25) is 0 Å². The van der Waals surface area contributed by atoms with Crippen LogP contribution in [-0.4, -0.2) is 19.8 Å². The average molecular weight is 361 g/mol. The molecule has 0 amide bonds. The average Bonchev–Trinajstić information content (AvgIpc) is 2.74. The van der Waals surface area contributed by atoms with Crippen molar-refractivity contribution in [3.63, 3.8) is 0 Å². The molecule has 0 aliphatic heterocycles. The number of sulfonamides is 1. The summed E-state index contributed by atoms with van der Waals surface area (Å²) >= 11 is 10.3. The van der Waals surface area contributed by atoms with Crippen LogP contribution in [0.5, 0.6) is 0 Å². The number of hydrogen-bond donors (Lipinski definition) is 1. The van der Waals surface area contributed by atoms with E-state index in [2.05, 4.69) is 20.7 Å². The first kappa shape index (κ1) is 15.4. The van der Waals surface area contributed by atoms with E-state index >= 15 is 0 Å². The van der Waals surface area contributed by atoms with Gasteiger partial charge in [0.2, 0.25) is 0 Å². The molecule has 1 aromatic heterocycles. The number of nitrogens with one attached hydrogen (secondary N) is 1. The van der Waals surface area contributed by atoms with Crippen LogP contribution < -0.4 is 4.72 Å². The van der Waals surface area contributed by atoms with Gasteiger partial charge in [0.1, 0.15) is 4.21 Å². The highest BCUT2D eigenvalue weighted by Crippen LogP contribution is 2.28. The van der Waals surface area contributed by atoms with Crippen molar-refractivity contribution < 1.29 is 8.42 Å². The Hall–Kier alpha value is 0.380. The van der Waals surface area contributed by atoms with Crippen LogP contribution in [0, 0.1) is 0 Å². The van der Waals surface area contributed by atoms with Gasteiger partial charge in [-0.15, -0.1) is 22.9 Å². The number of alkyl halides is 1. The van der Waals surface area contributed by atoms with Gasteiger partial charge in [0.15, 0.2) is 0 Å². The molecule has 0 atom stereocenters. The number of hydrogen-bond acceptors (Lipinski definition) is 3. The number of rotatable bonds is 6. The van der Waals surface area contributed by atoms with Gasteiger partial charge < -0.3 is 0 Å². The molecule has 98 valence electrons. The molecular formula is C10H15BrClNO2S2. The van der Waals surface area contributed by atoms with Crippen LogP contribution in [0.2, 0.25) is 0 Å². The van der Waals surface area contributed by atoms with Gasteiger partial charge in [0.05, 0.1) is 3.79 Å². The van der Waals surface area contributed by atoms with E-state index in [-0.39, 0.29) is 5.88 Å². The molecule has 0 unspecified atom stereocenters. The van der Waals surface area contributed by atoms with E-state index in [9.17, 15) is 8.42 Å². The summed E-state index contributed by atoms with van der Waals surface area (Å²) in [4.78, 5) is 0. The molecule has 0 fully saturated rings. The molecule has 0 aromatic carbocycles. The zero-order chi connectivity index (χ0) is 13.1. The van der Waals surface area contributed by atoms with Gasteiger partial charge in [0, 0.05) is 11.4 Å². The van der Waals surface area contributed by atoms with E-state index in [0.29, 0.717) is 17.1 Å². The maximum Gasteiger partial charge on any atom is 0.250 e. The second kappa shape index (κ2) is 6.02. The van der Waals surface area contributed by atoms with Crippen molar-refractivity contribution in [2.24, 2.45) is 0 Å². The van der Waals surface area contributed by atoms with E-state index in [1.807, 2.05) is 13.8 Å². The summed E-state index contributed by atoms with van der Waals surface area (Å²) in [5.74, 6) is 0.270. The third kappa shape index (κ3) is 3.67. The fourth-order valence-electron chi connectivity index (χ4n) is 1.39. The largest absolute Gasteiger partial charge is 0.250 e. The molecule has 0 spiro atoms. The third-order valence-electron chi connectivity index (χ3n) is 2.77. The Balaban J connectivity index is 3.00. The van der Waals surface area contributed by atoms with Crippen LogP contribution in [0.25, 0.3) is 0 Å². The van der Waals surface area contributed by atoms with Gasteiger partial charge in [0.25, 0.3) is 10.0 Å². The van der Waals surface area contributed by atoms with Gasteiger partial charge in [-0.25, -0.2) is 13.1 Å². The fraction of sp³-hybridized carbons (Fsp3) is 0.600. The SMILES string of the molecule is CCC(CC)(CCl)NS(=O)(=O)c1ccc(Br)s1. The van der Waals surface area contributed by atoms with E-state index in [1.54, 1.807) is 12.1 Å². The first-order valence-electron chi connectivity index (χ1n) is 5.24. The molecule has 1 aromatic rings. The predicted molar refractivity (Wildman–Crippen MR) is 76.4 cm³/mol. The fourth-order valence-corrected chi connectivity index (χ4v) is 5.47. The van der Waals surface area contributed by atoms with Crippen molar-refractivity contribution in [2.75, 3.05) is 5.88 Å². The van der Waals surface area contributed by atoms with Crippen LogP contribution in [0.3, 0.4) is 0 Å². The van der Waals surface area contributed by atoms with Gasteiger partial charge in [-0.2, -0.15) is 0 Å². The van der Waals surface area contributed by atoms with Crippen molar-refractivity contribution in [3.05, 3.63) is 15.9 Å². The summed E-state index contributed by atoms with van der Waals surface area (Å²) in [6.07, 6.45) is 1.33. The highest BCUT2D eigenvalue weighted by Gasteiger charge is 2.31. The monoisotopic (exact) mass is 359 g/mol. The summed E-state index contributed by atoms with van der Waals surface area (Å²) in [7, 11) is -3.48. The van der Waals surface area contributed by atoms with E-state index in [1.165, 1.54) is 11.3 Å². The molecule has 1 rings (SSSR count). The van der Waals surface area contributed by atoms with Crippen molar-refractivity contribution >= 4 is 48.9 Å². The zero-order valence-corrected chi connectivity index (χ0v) is 13.6. The van der Waals surface area contributed by atoms with Gasteiger partial charge in [-0.1, -0.05) is 13.8 Å². The molecule has 7 heteroatoms. The topological polar surface area (TPSA) is 46.2 Å². The Labute approximate surface area is 120 Å². The minimum absolute atomic E-state index is 0.270. The maximum absolute atomic E-state index is 12.2. The second-order valence-corrected chi connectivity index (χ2v) is 8.42. The summed E-state index contributed by atoms with van der Waals surface area (Å²) in [5.41, 5.74) is -0.559. The first-order chi connectivity index (χ1) is 7.89. The molecule has 0 saturated carbocycles. The van der Waals surface area contributed by atoms with Crippen LogP contribution in [0.4, 0.5) is 0 Å². The van der Waals surface area contributed by atoms with Crippen molar-refractivity contribution in [1.29, 1.82) is 0 Å². The van der Waals surface area contributed by atoms with E-state index < -0.39 is 15.6 Å². The lowest BCUT2D eigenvalue weighted by Crippen LogP contribution is -2.48. The lowest BCUT2D eigenvalue weighted by molar-refractivity contribution is 0.394. The molecule has 3 nitrogen and oxygen atoms in total. The van der Waals surface area contributed by atoms with Crippen molar-refractivity contribution in [2.45, 2.75) is 36.4 Å². The zero-order valence-electron chi connectivity index (χ0n) is 9.66. The molecule has 0 aliphatic carbocycles. The summed E-state index contributed by atoms with van der Waals surface area (Å²) in [6.45, 7) is 3.86. The van der Waals surface area contributed by atoms with E-state index in [4.69, 9.17) is 11.6 Å². The summed E-state index contributed by atoms with van der Waals surface area (Å²) < 4.78 is 28.1. The standard InChI is InChI=1S/C10H15BrClNO2S2/c1-3-10(4-2,7-12)13-17(14,15)9-6-5-8(11)16-9/h5-6,13H,3-4,7H2,1-2H3. The van der Waals surface area contributed by atoms with Gasteiger partial charge in [-0.05, 0) is 40.9 Å². The first-order valence-corrected chi connectivity index (χ1v) is 8.87. The third-order valence-corrected chi connectivity index (χ3v) is 6.98. The van der Waals surface area contributed by atoms with Crippen molar-refractivity contribution in [3.8, 4) is 0 Å². The maximum atomic E-state index is 12.2. The Kier molecular flexibility index (Phi) is 5.46. The molecule has 0 aliphatic rings. The molecule has 1 N–H and O–H groups in total. The predicted octanol–water partition coefficient (Wildman–Crippen LogP) is 3.59. The molecule has 0 bridgehead atoms. The molecule has 17 heavy (non-hydrogen) atoms. The normalized spacial score (nSPS) is 12.9. The highest BCUT2D eigenvalue weighted by molar-refractivity contribution is 9.11. The second-order valence-electron chi connectivity index (χ2n) is 3.79. The molecule has 0 radical (unpaired) electrons. The number of thiophene rings is 1. The molecular weight excluding hydrogens is 346 g/mol. The Morgan fingerprint density at radius 3 is 2.35 bits per heavy atom. The lowest BCUT2D eigenvalue weighted by Gasteiger charge is -2.29. The van der Waals surface area contributed by atoms with Crippen LogP contribution in [0.15, 0.2) is 20.1 Å². The highest BCUT2D eigenvalue weighted by atomic mass is 79.9. The molecule has 0 saturated heterocycles. The Morgan fingerprint density at radius 1 is 1.41 bits per heavy atom. The lowest BCUT2D eigenvalue weighted by atomic mass is 9.97. The molecule has 1 heterocycles. The summed E-state index contributed by atoms with van der Waals surface area (Å²) in [5, 5.41) is 0. The van der Waals surface area contributed by atoms with Crippen LogP contribution in [-0.2, 0) is 10.0 Å². The van der Waals surface area contributed by atoms with Crippen LogP contribution >= 0.6 is 38.9 Å². The number of halogens is 2.